The molecule has 2 aliphatic rings. The Labute approximate surface area is 159 Å². The minimum absolute atomic E-state index is 0.0209. The summed E-state index contributed by atoms with van der Waals surface area (Å²) < 4.78 is 72.9. The van der Waals surface area contributed by atoms with E-state index in [4.69, 9.17) is 9.84 Å². The summed E-state index contributed by atoms with van der Waals surface area (Å²) >= 11 is 0. The Morgan fingerprint density at radius 2 is 2.11 bits per heavy atom. The Hall–Kier alpha value is -2.11. The molecule has 152 valence electrons. The molecule has 28 heavy (non-hydrogen) atoms. The zero-order valence-corrected chi connectivity index (χ0v) is 15.5. The summed E-state index contributed by atoms with van der Waals surface area (Å²) in [6.07, 6.45) is -2.02. The predicted molar refractivity (Wildman–Crippen MR) is 91.1 cm³/mol. The van der Waals surface area contributed by atoms with Gasteiger partial charge in [0.2, 0.25) is 10.0 Å². The maximum atomic E-state index is 13.0. The minimum atomic E-state index is -4.67. The first kappa shape index (κ1) is 19.2. The molecule has 0 radical (unpaired) electrons. The van der Waals surface area contributed by atoms with Crippen molar-refractivity contribution in [3.05, 3.63) is 41.2 Å². The van der Waals surface area contributed by atoms with Crippen molar-refractivity contribution in [1.82, 2.24) is 14.1 Å². The van der Waals surface area contributed by atoms with Crippen LogP contribution in [0.15, 0.2) is 29.3 Å². The van der Waals surface area contributed by atoms with E-state index in [9.17, 15) is 21.6 Å². The third-order valence-electron chi connectivity index (χ3n) is 4.97. The maximum Gasteiger partial charge on any atom is 0.435 e. The van der Waals surface area contributed by atoms with Crippen LogP contribution in [0.5, 0.6) is 5.75 Å². The highest BCUT2D eigenvalue weighted by atomic mass is 32.2. The van der Waals surface area contributed by atoms with Crippen LogP contribution in [0.3, 0.4) is 0 Å². The summed E-state index contributed by atoms with van der Waals surface area (Å²) in [5, 5.41) is 12.7. The number of nitrogens with zero attached hydrogens (tertiary/aromatic N) is 3. The van der Waals surface area contributed by atoms with E-state index in [1.54, 1.807) is 0 Å². The molecule has 2 aliphatic heterocycles. The average molecular weight is 417 g/mol. The molecule has 0 unspecified atom stereocenters. The van der Waals surface area contributed by atoms with Crippen molar-refractivity contribution in [2.45, 2.75) is 43.1 Å². The van der Waals surface area contributed by atoms with Crippen LogP contribution < -0.4 is 4.74 Å². The maximum absolute atomic E-state index is 13.0. The number of aromatic nitrogens is 2. The minimum Gasteiger partial charge on any atom is -0.490 e. The van der Waals surface area contributed by atoms with Gasteiger partial charge in [-0.3, -0.25) is 4.68 Å². The number of hydrogen-bond acceptors (Lipinski definition) is 5. The number of halogens is 3. The second-order valence-electron chi connectivity index (χ2n) is 6.86. The van der Waals surface area contributed by atoms with E-state index in [-0.39, 0.29) is 35.4 Å². The van der Waals surface area contributed by atoms with Gasteiger partial charge in [-0.15, -0.1) is 0 Å². The van der Waals surface area contributed by atoms with Crippen molar-refractivity contribution in [2.75, 3.05) is 13.2 Å². The molecule has 1 aromatic carbocycles. The molecule has 7 nitrogen and oxygen atoms in total. The SMILES string of the molecule is O=S1(=O)c2ccc(Cn3cc(CO)c(C(F)(F)F)n3)cc2OC[C@@H]2CCCN21. The van der Waals surface area contributed by atoms with Gasteiger partial charge in [-0.2, -0.15) is 22.6 Å². The molecule has 0 spiro atoms. The van der Waals surface area contributed by atoms with Crippen LogP contribution in [0.4, 0.5) is 13.2 Å². The second-order valence-corrected chi connectivity index (χ2v) is 8.72. The Kier molecular flexibility index (Phi) is 4.63. The lowest BCUT2D eigenvalue weighted by atomic mass is 10.2. The fourth-order valence-electron chi connectivity index (χ4n) is 3.67. The van der Waals surface area contributed by atoms with Crippen LogP contribution in [0, 0.1) is 0 Å². The van der Waals surface area contributed by atoms with E-state index in [1.165, 1.54) is 22.5 Å². The lowest BCUT2D eigenvalue weighted by molar-refractivity contribution is -0.142. The van der Waals surface area contributed by atoms with Crippen LogP contribution in [0.25, 0.3) is 0 Å². The number of ether oxygens (including phenoxy) is 1. The number of aliphatic hydroxyl groups excluding tert-OH is 1. The standard InChI is InChI=1S/C17H18F3N3O4S/c18-17(19,20)16-12(9-24)8-22(21-16)7-11-3-4-15-14(6-11)27-10-13-2-1-5-23(13)28(15,25)26/h3-4,6,8,13,24H,1-2,5,7,9-10H2/t13-/m0/s1. The third-order valence-corrected chi connectivity index (χ3v) is 6.96. The molecule has 1 fully saturated rings. The number of benzene rings is 1. The van der Waals surface area contributed by atoms with Crippen molar-refractivity contribution in [3.8, 4) is 5.75 Å². The van der Waals surface area contributed by atoms with Gasteiger partial charge in [0.05, 0.1) is 19.2 Å². The highest BCUT2D eigenvalue weighted by molar-refractivity contribution is 7.89. The first-order valence-electron chi connectivity index (χ1n) is 8.72. The van der Waals surface area contributed by atoms with Crippen molar-refractivity contribution in [2.24, 2.45) is 0 Å². The summed E-state index contributed by atoms with van der Waals surface area (Å²) in [6.45, 7) is -0.107. The Morgan fingerprint density at radius 1 is 1.32 bits per heavy atom. The summed E-state index contributed by atoms with van der Waals surface area (Å²) in [7, 11) is -3.67. The quantitative estimate of drug-likeness (QED) is 0.826. The summed E-state index contributed by atoms with van der Waals surface area (Å²) in [4.78, 5) is 0.0631. The van der Waals surface area contributed by atoms with Gasteiger partial charge in [0, 0.05) is 18.3 Å². The zero-order chi connectivity index (χ0) is 20.1. The van der Waals surface area contributed by atoms with Crippen molar-refractivity contribution >= 4 is 10.0 Å². The average Bonchev–Trinajstić information content (AvgIpc) is 3.24. The lowest BCUT2D eigenvalue weighted by Crippen LogP contribution is -2.36. The van der Waals surface area contributed by atoms with Crippen LogP contribution in [-0.4, -0.2) is 46.8 Å². The van der Waals surface area contributed by atoms with Gasteiger partial charge in [0.15, 0.2) is 5.69 Å². The Balaban J connectivity index is 1.65. The molecule has 1 aromatic heterocycles. The fourth-order valence-corrected chi connectivity index (χ4v) is 5.46. The van der Waals surface area contributed by atoms with Crippen LogP contribution >= 0.6 is 0 Å². The lowest BCUT2D eigenvalue weighted by Gasteiger charge is -2.19. The van der Waals surface area contributed by atoms with E-state index in [1.807, 2.05) is 0 Å². The Morgan fingerprint density at radius 3 is 2.79 bits per heavy atom. The highest BCUT2D eigenvalue weighted by Crippen LogP contribution is 2.36. The first-order chi connectivity index (χ1) is 13.2. The monoisotopic (exact) mass is 417 g/mol. The molecule has 4 rings (SSSR count). The van der Waals surface area contributed by atoms with E-state index in [2.05, 4.69) is 5.10 Å². The topological polar surface area (TPSA) is 84.7 Å². The van der Waals surface area contributed by atoms with Crippen LogP contribution in [0.1, 0.15) is 29.7 Å². The molecule has 11 heteroatoms. The van der Waals surface area contributed by atoms with Crippen LogP contribution in [-0.2, 0) is 29.4 Å². The number of rotatable bonds is 3. The van der Waals surface area contributed by atoms with Crippen molar-refractivity contribution in [3.63, 3.8) is 0 Å². The van der Waals surface area contributed by atoms with Gasteiger partial charge in [-0.05, 0) is 30.5 Å². The molecule has 1 N–H and O–H groups in total. The molecule has 0 amide bonds. The largest absolute Gasteiger partial charge is 0.490 e. The summed E-state index contributed by atoms with van der Waals surface area (Å²) in [5.74, 6) is 0.192. The van der Waals surface area contributed by atoms with Gasteiger partial charge < -0.3 is 9.84 Å². The zero-order valence-electron chi connectivity index (χ0n) is 14.7. The van der Waals surface area contributed by atoms with Gasteiger partial charge in [-0.25, -0.2) is 8.42 Å². The smallest absolute Gasteiger partial charge is 0.435 e. The molecule has 0 bridgehead atoms. The Bertz CT molecular complexity index is 1000. The first-order valence-corrected chi connectivity index (χ1v) is 10.2. The molecule has 3 heterocycles. The normalized spacial score (nSPS) is 21.6. The van der Waals surface area contributed by atoms with Gasteiger partial charge >= 0.3 is 6.18 Å². The van der Waals surface area contributed by atoms with Crippen molar-refractivity contribution < 1.29 is 31.4 Å². The van der Waals surface area contributed by atoms with E-state index in [0.29, 0.717) is 12.1 Å². The number of hydrogen-bond donors (Lipinski definition) is 1. The number of fused-ring (bicyclic) bond motifs is 2. The summed E-state index contributed by atoms with van der Waals surface area (Å²) in [5.41, 5.74) is -0.914. The number of sulfonamides is 1. The molecule has 0 saturated carbocycles. The van der Waals surface area contributed by atoms with E-state index in [0.717, 1.165) is 23.7 Å². The van der Waals surface area contributed by atoms with Gasteiger partial charge in [0.25, 0.3) is 0 Å². The molecular weight excluding hydrogens is 399 g/mol. The second kappa shape index (κ2) is 6.75. The molecular formula is C17H18F3N3O4S. The van der Waals surface area contributed by atoms with E-state index >= 15 is 0 Å². The molecule has 0 aliphatic carbocycles. The predicted octanol–water partition coefficient (Wildman–Crippen LogP) is 1.99. The number of alkyl halides is 3. The molecule has 2 aromatic rings. The van der Waals surface area contributed by atoms with Gasteiger partial charge in [-0.1, -0.05) is 6.07 Å². The molecule has 1 saturated heterocycles. The summed E-state index contributed by atoms with van der Waals surface area (Å²) in [6, 6.07) is 4.27. The van der Waals surface area contributed by atoms with E-state index < -0.39 is 28.5 Å². The van der Waals surface area contributed by atoms with Gasteiger partial charge in [0.1, 0.15) is 17.3 Å². The van der Waals surface area contributed by atoms with Crippen LogP contribution in [0.2, 0.25) is 0 Å². The van der Waals surface area contributed by atoms with Crippen molar-refractivity contribution in [1.29, 1.82) is 0 Å². The highest BCUT2D eigenvalue weighted by Gasteiger charge is 2.40. The number of aliphatic hydroxyl groups is 1. The molecule has 1 atom stereocenters. The third kappa shape index (κ3) is 3.27. The fraction of sp³-hybridized carbons (Fsp3) is 0.471.